The van der Waals surface area contributed by atoms with Crippen molar-refractivity contribution in [3.05, 3.63) is 181 Å². The Bertz CT molecular complexity index is 2910. The predicted octanol–water partition coefficient (Wildman–Crippen LogP) is 15.5. The van der Waals surface area contributed by atoms with Gasteiger partial charge in [-0.1, -0.05) is 165 Å². The van der Waals surface area contributed by atoms with Gasteiger partial charge in [-0.2, -0.15) is 0 Å². The van der Waals surface area contributed by atoms with Gasteiger partial charge in [-0.15, -0.1) is 11.3 Å². The third-order valence-electron chi connectivity index (χ3n) is 11.1. The van der Waals surface area contributed by atoms with Crippen LogP contribution in [0.3, 0.4) is 0 Å². The summed E-state index contributed by atoms with van der Waals surface area (Å²) in [7, 11) is 0. The van der Waals surface area contributed by atoms with Crippen LogP contribution >= 0.6 is 11.3 Å². The molecular formula is C52H38S. The second-order valence-corrected chi connectivity index (χ2v) is 15.4. The van der Waals surface area contributed by atoms with Crippen molar-refractivity contribution in [2.75, 3.05) is 0 Å². The summed E-state index contributed by atoms with van der Waals surface area (Å²) in [6.45, 7) is 2.26. The van der Waals surface area contributed by atoms with Crippen LogP contribution in [-0.4, -0.2) is 0 Å². The van der Waals surface area contributed by atoms with Crippen molar-refractivity contribution in [1.29, 1.82) is 0 Å². The Morgan fingerprint density at radius 1 is 0.377 bits per heavy atom. The molecule has 252 valence electrons. The van der Waals surface area contributed by atoms with E-state index in [0.717, 1.165) is 6.42 Å². The summed E-state index contributed by atoms with van der Waals surface area (Å²) in [5.41, 5.74) is 11.5. The maximum Gasteiger partial charge on any atom is 0.0358 e. The minimum Gasteiger partial charge on any atom is -0.135 e. The third kappa shape index (κ3) is 5.52. The molecule has 9 aromatic carbocycles. The first-order chi connectivity index (χ1) is 26.2. The molecule has 0 amide bonds. The van der Waals surface area contributed by atoms with Crippen molar-refractivity contribution < 1.29 is 0 Å². The Labute approximate surface area is 314 Å². The summed E-state index contributed by atoms with van der Waals surface area (Å²) in [6, 6.07) is 65.6. The lowest BCUT2D eigenvalue weighted by Gasteiger charge is -2.19. The van der Waals surface area contributed by atoms with E-state index in [1.807, 2.05) is 11.3 Å². The Morgan fingerprint density at radius 3 is 1.70 bits per heavy atom. The molecule has 0 nitrogen and oxygen atoms in total. The number of aryl methyl sites for hydroxylation is 1. The molecule has 0 spiro atoms. The second-order valence-electron chi connectivity index (χ2n) is 14.3. The highest BCUT2D eigenvalue weighted by molar-refractivity contribution is 7.25. The van der Waals surface area contributed by atoms with Crippen LogP contribution in [0, 0.1) is 0 Å². The molecule has 0 aliphatic carbocycles. The van der Waals surface area contributed by atoms with Crippen molar-refractivity contribution in [3.63, 3.8) is 0 Å². The van der Waals surface area contributed by atoms with Crippen LogP contribution in [0.1, 0.15) is 25.3 Å². The minimum atomic E-state index is 1.16. The molecule has 1 heterocycles. The van der Waals surface area contributed by atoms with Gasteiger partial charge in [-0.3, -0.25) is 0 Å². The van der Waals surface area contributed by atoms with Gasteiger partial charge in [0.1, 0.15) is 0 Å². The molecule has 0 bridgehead atoms. The Morgan fingerprint density at radius 2 is 0.981 bits per heavy atom. The number of hydrogen-bond donors (Lipinski definition) is 0. The van der Waals surface area contributed by atoms with E-state index in [2.05, 4.69) is 183 Å². The van der Waals surface area contributed by atoms with E-state index in [1.165, 1.54) is 115 Å². The summed E-state index contributed by atoms with van der Waals surface area (Å²) in [5, 5.41) is 10.3. The largest absolute Gasteiger partial charge is 0.135 e. The molecule has 0 radical (unpaired) electrons. The number of hydrogen-bond acceptors (Lipinski definition) is 1. The molecule has 10 aromatic rings. The van der Waals surface area contributed by atoms with Gasteiger partial charge in [0.15, 0.2) is 0 Å². The van der Waals surface area contributed by atoms with Gasteiger partial charge in [-0.05, 0) is 119 Å². The van der Waals surface area contributed by atoms with Crippen molar-refractivity contribution in [2.24, 2.45) is 0 Å². The van der Waals surface area contributed by atoms with Crippen LogP contribution < -0.4 is 0 Å². The quantitative estimate of drug-likeness (QED) is 0.146. The lowest BCUT2D eigenvalue weighted by molar-refractivity contribution is 0.796. The maximum absolute atomic E-state index is 2.41. The van der Waals surface area contributed by atoms with E-state index in [4.69, 9.17) is 0 Å². The van der Waals surface area contributed by atoms with Crippen molar-refractivity contribution in [2.45, 2.75) is 26.2 Å². The highest BCUT2D eigenvalue weighted by Gasteiger charge is 2.18. The predicted molar refractivity (Wildman–Crippen MR) is 232 cm³/mol. The first kappa shape index (κ1) is 31.7. The molecular weight excluding hydrogens is 657 g/mol. The molecule has 0 atom stereocenters. The Kier molecular flexibility index (Phi) is 7.89. The molecule has 0 aliphatic rings. The van der Waals surface area contributed by atoms with Crippen LogP contribution in [0.4, 0.5) is 0 Å². The number of benzene rings is 9. The van der Waals surface area contributed by atoms with Crippen LogP contribution in [0.5, 0.6) is 0 Å². The molecule has 1 heteroatoms. The van der Waals surface area contributed by atoms with E-state index in [-0.39, 0.29) is 0 Å². The van der Waals surface area contributed by atoms with Crippen LogP contribution in [0.25, 0.3) is 97.0 Å². The number of fused-ring (bicyclic) bond motifs is 6. The van der Waals surface area contributed by atoms with E-state index in [1.54, 1.807) is 0 Å². The van der Waals surface area contributed by atoms with Gasteiger partial charge in [0.05, 0.1) is 0 Å². The highest BCUT2D eigenvalue weighted by atomic mass is 32.1. The second kappa shape index (κ2) is 13.2. The standard InChI is InChI=1S/C52H38S/c1-2-3-12-34-21-29-41-48-33-40(28-30-49(48)53-50(41)31-34)36-22-25-38(26-23-36)51-42-16-7-9-18-44(42)52(45-19-10-8-17-43(45)51)46-20-11-15-37-24-27-39(32-47(37)46)35-13-5-4-6-14-35/h4-11,13-33H,2-3,12H2,1H3. The lowest BCUT2D eigenvalue weighted by Crippen LogP contribution is -1.92. The zero-order chi connectivity index (χ0) is 35.3. The summed E-state index contributed by atoms with van der Waals surface area (Å²) in [4.78, 5) is 0. The van der Waals surface area contributed by atoms with Crippen LogP contribution in [0.15, 0.2) is 176 Å². The van der Waals surface area contributed by atoms with E-state index < -0.39 is 0 Å². The smallest absolute Gasteiger partial charge is 0.0358 e. The average molecular weight is 695 g/mol. The molecule has 0 saturated carbocycles. The molecule has 1 aromatic heterocycles. The monoisotopic (exact) mass is 694 g/mol. The summed E-state index contributed by atoms with van der Waals surface area (Å²) in [5.74, 6) is 0. The molecule has 0 unspecified atom stereocenters. The Hall–Kier alpha value is -6.02. The number of thiophene rings is 1. The maximum atomic E-state index is 2.41. The molecule has 0 fully saturated rings. The van der Waals surface area contributed by atoms with Gasteiger partial charge in [-0.25, -0.2) is 0 Å². The van der Waals surface area contributed by atoms with Crippen molar-refractivity contribution in [1.82, 2.24) is 0 Å². The fourth-order valence-corrected chi connectivity index (χ4v) is 9.55. The Balaban J connectivity index is 1.10. The molecule has 53 heavy (non-hydrogen) atoms. The van der Waals surface area contributed by atoms with E-state index >= 15 is 0 Å². The summed E-state index contributed by atoms with van der Waals surface area (Å²) in [6.07, 6.45) is 3.63. The van der Waals surface area contributed by atoms with Gasteiger partial charge in [0.25, 0.3) is 0 Å². The minimum absolute atomic E-state index is 1.16. The van der Waals surface area contributed by atoms with Gasteiger partial charge in [0.2, 0.25) is 0 Å². The SMILES string of the molecule is CCCCc1ccc2c(c1)sc1ccc(-c3ccc(-c4c5ccccc5c(-c5cccc6ccc(-c7ccccc7)cc56)c5ccccc45)cc3)cc12. The fourth-order valence-electron chi connectivity index (χ4n) is 8.40. The average Bonchev–Trinajstić information content (AvgIpc) is 3.59. The molecule has 10 rings (SSSR count). The normalized spacial score (nSPS) is 11.7. The van der Waals surface area contributed by atoms with Crippen LogP contribution in [-0.2, 0) is 6.42 Å². The number of unbranched alkanes of at least 4 members (excludes halogenated alkanes) is 1. The van der Waals surface area contributed by atoms with E-state index in [0.29, 0.717) is 0 Å². The van der Waals surface area contributed by atoms with E-state index in [9.17, 15) is 0 Å². The van der Waals surface area contributed by atoms with Crippen molar-refractivity contribution >= 4 is 63.8 Å². The first-order valence-corrected chi connectivity index (χ1v) is 19.6. The van der Waals surface area contributed by atoms with Gasteiger partial charge >= 0.3 is 0 Å². The van der Waals surface area contributed by atoms with Gasteiger partial charge in [0, 0.05) is 20.2 Å². The van der Waals surface area contributed by atoms with Crippen LogP contribution in [0.2, 0.25) is 0 Å². The molecule has 0 N–H and O–H groups in total. The first-order valence-electron chi connectivity index (χ1n) is 18.8. The fraction of sp³-hybridized carbons (Fsp3) is 0.0769. The van der Waals surface area contributed by atoms with Gasteiger partial charge < -0.3 is 0 Å². The molecule has 0 saturated heterocycles. The zero-order valence-corrected chi connectivity index (χ0v) is 30.6. The number of rotatable bonds is 7. The summed E-state index contributed by atoms with van der Waals surface area (Å²) < 4.78 is 2.75. The third-order valence-corrected chi connectivity index (χ3v) is 12.2. The zero-order valence-electron chi connectivity index (χ0n) is 29.8. The van der Waals surface area contributed by atoms with Crippen molar-refractivity contribution in [3.8, 4) is 44.5 Å². The topological polar surface area (TPSA) is 0 Å². The summed E-state index contributed by atoms with van der Waals surface area (Å²) >= 11 is 1.91. The molecule has 0 aliphatic heterocycles. The highest BCUT2D eigenvalue weighted by Crippen LogP contribution is 2.46. The lowest BCUT2D eigenvalue weighted by atomic mass is 9.84.